The Balaban J connectivity index is 1.57. The highest BCUT2D eigenvalue weighted by atomic mass is 15.2. The maximum absolute atomic E-state index is 4.89. The van der Waals surface area contributed by atoms with Crippen LogP contribution in [-0.2, 0) is 0 Å². The second-order valence-electron chi connectivity index (χ2n) is 7.35. The maximum atomic E-state index is 4.89. The fourth-order valence-corrected chi connectivity index (χ4v) is 3.84. The van der Waals surface area contributed by atoms with Crippen LogP contribution in [0, 0.1) is 0 Å². The van der Waals surface area contributed by atoms with Crippen molar-refractivity contribution < 1.29 is 0 Å². The SMILES string of the molecule is c1ccc(-c2nc(Nc3cccc4cccnc34)cc(N3CCCCC3)n2)cc1. The van der Waals surface area contributed by atoms with Crippen LogP contribution in [0.3, 0.4) is 0 Å². The van der Waals surface area contributed by atoms with Gasteiger partial charge in [-0.3, -0.25) is 4.98 Å². The third-order valence-electron chi connectivity index (χ3n) is 5.32. The largest absolute Gasteiger partial charge is 0.356 e. The van der Waals surface area contributed by atoms with Gasteiger partial charge in [0.25, 0.3) is 0 Å². The molecule has 2 aromatic carbocycles. The van der Waals surface area contributed by atoms with Crippen molar-refractivity contribution >= 4 is 28.2 Å². The van der Waals surface area contributed by atoms with E-state index in [-0.39, 0.29) is 0 Å². The van der Waals surface area contributed by atoms with E-state index in [2.05, 4.69) is 45.5 Å². The molecule has 29 heavy (non-hydrogen) atoms. The summed E-state index contributed by atoms with van der Waals surface area (Å²) in [6, 6.07) is 22.4. The van der Waals surface area contributed by atoms with Crippen LogP contribution in [0.5, 0.6) is 0 Å². The average molecular weight is 381 g/mol. The van der Waals surface area contributed by atoms with Crippen LogP contribution in [0.25, 0.3) is 22.3 Å². The van der Waals surface area contributed by atoms with Crippen LogP contribution < -0.4 is 10.2 Å². The molecular weight excluding hydrogens is 358 g/mol. The average Bonchev–Trinajstić information content (AvgIpc) is 2.80. The van der Waals surface area contributed by atoms with Gasteiger partial charge in [0.15, 0.2) is 5.82 Å². The van der Waals surface area contributed by atoms with E-state index >= 15 is 0 Å². The molecule has 1 saturated heterocycles. The van der Waals surface area contributed by atoms with E-state index in [0.717, 1.165) is 52.7 Å². The zero-order valence-corrected chi connectivity index (χ0v) is 16.3. The molecule has 1 aliphatic rings. The van der Waals surface area contributed by atoms with Gasteiger partial charge < -0.3 is 10.2 Å². The second kappa shape index (κ2) is 7.87. The first kappa shape index (κ1) is 17.6. The Labute approximate surface area is 170 Å². The van der Waals surface area contributed by atoms with Gasteiger partial charge in [-0.2, -0.15) is 0 Å². The molecule has 0 spiro atoms. The summed E-state index contributed by atoms with van der Waals surface area (Å²) in [7, 11) is 0. The molecule has 0 saturated carbocycles. The summed E-state index contributed by atoms with van der Waals surface area (Å²) < 4.78 is 0. The Morgan fingerprint density at radius 1 is 0.793 bits per heavy atom. The molecule has 144 valence electrons. The molecule has 0 unspecified atom stereocenters. The van der Waals surface area contributed by atoms with Crippen molar-refractivity contribution in [2.24, 2.45) is 0 Å². The van der Waals surface area contributed by atoms with Crippen LogP contribution in [0.1, 0.15) is 19.3 Å². The second-order valence-corrected chi connectivity index (χ2v) is 7.35. The highest BCUT2D eigenvalue weighted by Gasteiger charge is 2.16. The minimum atomic E-state index is 0.740. The molecule has 1 aliphatic heterocycles. The van der Waals surface area contributed by atoms with E-state index in [1.54, 1.807) is 0 Å². The molecule has 2 aromatic heterocycles. The minimum absolute atomic E-state index is 0.740. The molecule has 4 aromatic rings. The topological polar surface area (TPSA) is 53.9 Å². The summed E-state index contributed by atoms with van der Waals surface area (Å²) in [5.41, 5.74) is 2.91. The molecule has 5 heteroatoms. The first-order chi connectivity index (χ1) is 14.4. The van der Waals surface area contributed by atoms with E-state index in [4.69, 9.17) is 9.97 Å². The first-order valence-electron chi connectivity index (χ1n) is 10.2. The van der Waals surface area contributed by atoms with Gasteiger partial charge in [-0.05, 0) is 31.4 Å². The number of anilines is 3. The van der Waals surface area contributed by atoms with Gasteiger partial charge in [0.2, 0.25) is 0 Å². The third kappa shape index (κ3) is 3.76. The Morgan fingerprint density at radius 3 is 2.48 bits per heavy atom. The molecule has 0 bridgehead atoms. The number of hydrogen-bond donors (Lipinski definition) is 1. The highest BCUT2D eigenvalue weighted by molar-refractivity contribution is 5.91. The quantitative estimate of drug-likeness (QED) is 0.511. The monoisotopic (exact) mass is 381 g/mol. The summed E-state index contributed by atoms with van der Waals surface area (Å²) in [6.45, 7) is 2.08. The van der Waals surface area contributed by atoms with Gasteiger partial charge in [-0.15, -0.1) is 0 Å². The predicted molar refractivity (Wildman–Crippen MR) is 119 cm³/mol. The zero-order valence-electron chi connectivity index (χ0n) is 16.3. The molecular formula is C24H23N5. The molecule has 0 amide bonds. The number of nitrogens with one attached hydrogen (secondary N) is 1. The van der Waals surface area contributed by atoms with Crippen molar-refractivity contribution in [3.05, 3.63) is 72.9 Å². The van der Waals surface area contributed by atoms with Gasteiger partial charge in [-0.25, -0.2) is 9.97 Å². The third-order valence-corrected chi connectivity index (χ3v) is 5.32. The fraction of sp³-hybridized carbons (Fsp3) is 0.208. The van der Waals surface area contributed by atoms with E-state index in [9.17, 15) is 0 Å². The van der Waals surface area contributed by atoms with E-state index < -0.39 is 0 Å². The number of hydrogen-bond acceptors (Lipinski definition) is 5. The van der Waals surface area contributed by atoms with Crippen molar-refractivity contribution in [1.82, 2.24) is 15.0 Å². The van der Waals surface area contributed by atoms with Crippen molar-refractivity contribution in [1.29, 1.82) is 0 Å². The van der Waals surface area contributed by atoms with Crippen LogP contribution in [-0.4, -0.2) is 28.0 Å². The normalized spacial score (nSPS) is 14.1. The lowest BCUT2D eigenvalue weighted by Crippen LogP contribution is -2.30. The van der Waals surface area contributed by atoms with Crippen LogP contribution in [0.2, 0.25) is 0 Å². The number of benzene rings is 2. The number of aromatic nitrogens is 3. The van der Waals surface area contributed by atoms with Crippen molar-refractivity contribution in [3.63, 3.8) is 0 Å². The summed E-state index contributed by atoms with van der Waals surface area (Å²) in [6.07, 6.45) is 5.53. The molecule has 0 atom stereocenters. The summed E-state index contributed by atoms with van der Waals surface area (Å²) in [5.74, 6) is 2.51. The number of pyridine rings is 1. The Morgan fingerprint density at radius 2 is 1.62 bits per heavy atom. The molecule has 0 aliphatic carbocycles. The van der Waals surface area contributed by atoms with Crippen molar-refractivity contribution in [2.45, 2.75) is 19.3 Å². The summed E-state index contributed by atoms with van der Waals surface area (Å²) >= 11 is 0. The smallest absolute Gasteiger partial charge is 0.163 e. The van der Waals surface area contributed by atoms with Crippen LogP contribution in [0.15, 0.2) is 72.9 Å². The zero-order chi connectivity index (χ0) is 19.5. The molecule has 1 N–H and O–H groups in total. The molecule has 1 fully saturated rings. The first-order valence-corrected chi connectivity index (χ1v) is 10.2. The highest BCUT2D eigenvalue weighted by Crippen LogP contribution is 2.28. The van der Waals surface area contributed by atoms with Crippen LogP contribution in [0.4, 0.5) is 17.3 Å². The van der Waals surface area contributed by atoms with Gasteiger partial charge in [-0.1, -0.05) is 48.5 Å². The summed E-state index contributed by atoms with van der Waals surface area (Å²) in [4.78, 5) is 16.6. The van der Waals surface area contributed by atoms with Gasteiger partial charge >= 0.3 is 0 Å². The fourth-order valence-electron chi connectivity index (χ4n) is 3.84. The number of nitrogens with zero attached hydrogens (tertiary/aromatic N) is 4. The number of para-hydroxylation sites is 1. The standard InChI is InChI=1S/C24H23N5/c1-3-9-19(10-4-1)24-27-21(17-22(28-24)29-15-5-2-6-16-29)26-20-13-7-11-18-12-8-14-25-23(18)20/h1,3-4,7-14,17H,2,5-6,15-16H2,(H,26,27,28). The molecule has 3 heterocycles. The lowest BCUT2D eigenvalue weighted by atomic mass is 10.1. The number of fused-ring (bicyclic) bond motifs is 1. The maximum Gasteiger partial charge on any atom is 0.163 e. The Hall–Kier alpha value is -3.47. The predicted octanol–water partition coefficient (Wildman–Crippen LogP) is 5.43. The minimum Gasteiger partial charge on any atom is -0.356 e. The van der Waals surface area contributed by atoms with Crippen LogP contribution >= 0.6 is 0 Å². The Bertz CT molecular complexity index is 1120. The van der Waals surface area contributed by atoms with Gasteiger partial charge in [0, 0.05) is 36.3 Å². The van der Waals surface area contributed by atoms with Gasteiger partial charge in [0.1, 0.15) is 11.6 Å². The Kier molecular flexibility index (Phi) is 4.78. The lowest BCUT2D eigenvalue weighted by Gasteiger charge is -2.28. The molecule has 0 radical (unpaired) electrons. The van der Waals surface area contributed by atoms with E-state index in [1.807, 2.05) is 42.6 Å². The van der Waals surface area contributed by atoms with Crippen molar-refractivity contribution in [3.8, 4) is 11.4 Å². The van der Waals surface area contributed by atoms with E-state index in [0.29, 0.717) is 0 Å². The van der Waals surface area contributed by atoms with Gasteiger partial charge in [0.05, 0.1) is 11.2 Å². The number of piperidine rings is 1. The number of rotatable bonds is 4. The lowest BCUT2D eigenvalue weighted by molar-refractivity contribution is 0.573. The summed E-state index contributed by atoms with van der Waals surface area (Å²) in [5, 5.41) is 4.60. The van der Waals surface area contributed by atoms with E-state index in [1.165, 1.54) is 19.3 Å². The molecule has 5 rings (SSSR count). The van der Waals surface area contributed by atoms with Crippen molar-refractivity contribution in [2.75, 3.05) is 23.3 Å². The molecule has 5 nitrogen and oxygen atoms in total.